The van der Waals surface area contributed by atoms with E-state index in [9.17, 15) is 19.2 Å². The molecule has 3 fully saturated rings. The van der Waals surface area contributed by atoms with Crippen LogP contribution in [0.2, 0.25) is 0 Å². The lowest BCUT2D eigenvalue weighted by molar-refractivity contribution is -0.136. The number of halogens is 1. The predicted octanol–water partition coefficient (Wildman–Crippen LogP) is 8.54. The van der Waals surface area contributed by atoms with Gasteiger partial charge in [-0.25, -0.2) is 23.9 Å². The van der Waals surface area contributed by atoms with Crippen LogP contribution in [0.25, 0.3) is 22.1 Å². The standard InChI is InChI=1S/C49H62FN9O7/c1-26(2)42(55-48(62)64-7)46(60)57-21-9-11-39(57)44-51-33-16-13-29(23-35(33)53-44)37-18-19-38(59(37)31-15-20-41(32(50)25-31)66-28(5)6)30-14-17-34-36(24-30)54-45(52-34)40-12-10-22-58(40)47(61)43(27(3)4)56-49(63)65-8/h13-17,20,23-28,37-40,42-43H,9-12,18-19,21-22H2,1-8H3,(H,51,53)(H,52,54)(H,55,62)(H,56,63)/t37-,38-,39+,40+,42+,43+/m1/s1. The topological polar surface area (TPSA) is 187 Å². The first-order valence-corrected chi connectivity index (χ1v) is 23.2. The van der Waals surface area contributed by atoms with Gasteiger partial charge >= 0.3 is 12.2 Å². The molecule has 0 saturated carbocycles. The minimum absolute atomic E-state index is 0.137. The van der Waals surface area contributed by atoms with Gasteiger partial charge in [-0.2, -0.15) is 0 Å². The molecule has 3 aliphatic heterocycles. The Morgan fingerprint density at radius 3 is 1.53 bits per heavy atom. The highest BCUT2D eigenvalue weighted by atomic mass is 19.1. The van der Waals surface area contributed by atoms with Crippen molar-refractivity contribution in [1.82, 2.24) is 40.4 Å². The SMILES string of the molecule is COC(=O)N[C@H](C(=O)N1CCC[C@H]1c1nc2ccc([C@H]3CC[C@H](c4ccc5nc([C@@H]6CCCN6C(=O)[C@@H](NC(=O)OC)C(C)C)[nH]c5c4)N3c3ccc(OC(C)C)c(F)c3)cc2[nH]1)C(C)C. The number of hydrogen-bond acceptors (Lipinski definition) is 10. The molecule has 352 valence electrons. The Hall–Kier alpha value is -6.39. The van der Waals surface area contributed by atoms with Crippen molar-refractivity contribution in [3.63, 3.8) is 0 Å². The molecule has 17 heteroatoms. The Bertz CT molecular complexity index is 2450. The maximum Gasteiger partial charge on any atom is 0.407 e. The Morgan fingerprint density at radius 1 is 0.652 bits per heavy atom. The summed E-state index contributed by atoms with van der Waals surface area (Å²) in [5.41, 5.74) is 5.97. The summed E-state index contributed by atoms with van der Waals surface area (Å²) in [4.78, 5) is 75.0. The molecule has 3 saturated heterocycles. The Kier molecular flexibility index (Phi) is 13.4. The highest BCUT2D eigenvalue weighted by molar-refractivity contribution is 5.87. The van der Waals surface area contributed by atoms with E-state index in [2.05, 4.69) is 49.8 Å². The van der Waals surface area contributed by atoms with E-state index in [1.165, 1.54) is 14.2 Å². The number of alkyl carbamates (subject to hydrolysis) is 2. The number of aromatic amines is 2. The number of fused-ring (bicyclic) bond motifs is 2. The predicted molar refractivity (Wildman–Crippen MR) is 247 cm³/mol. The average Bonchev–Trinajstić information content (AvgIpc) is 4.15. The normalized spacial score (nSPS) is 20.8. The van der Waals surface area contributed by atoms with E-state index in [0.29, 0.717) is 30.4 Å². The fourth-order valence-electron chi connectivity index (χ4n) is 10.0. The number of amides is 4. The molecule has 4 N–H and O–H groups in total. The minimum Gasteiger partial charge on any atom is -0.488 e. The molecule has 0 radical (unpaired) electrons. The number of nitrogens with one attached hydrogen (secondary N) is 4. The van der Waals surface area contributed by atoms with Crippen molar-refractivity contribution >= 4 is 51.8 Å². The smallest absolute Gasteiger partial charge is 0.407 e. The number of methoxy groups -OCH3 is 2. The van der Waals surface area contributed by atoms with Crippen LogP contribution in [0.3, 0.4) is 0 Å². The average molecular weight is 908 g/mol. The summed E-state index contributed by atoms with van der Waals surface area (Å²) in [7, 11) is 2.57. The van der Waals surface area contributed by atoms with Gasteiger partial charge in [-0.05, 0) is 112 Å². The summed E-state index contributed by atoms with van der Waals surface area (Å²) in [6.07, 6.45) is 3.13. The molecule has 16 nitrogen and oxygen atoms in total. The lowest BCUT2D eigenvalue weighted by Gasteiger charge is -2.33. The molecule has 2 aromatic heterocycles. The molecule has 5 aromatic rings. The van der Waals surface area contributed by atoms with Crippen molar-refractivity contribution in [2.75, 3.05) is 32.2 Å². The van der Waals surface area contributed by atoms with Crippen molar-refractivity contribution in [3.05, 3.63) is 83.2 Å². The molecule has 6 atom stereocenters. The number of nitrogens with zero attached hydrogens (tertiary/aromatic N) is 5. The fraction of sp³-hybridized carbons (Fsp3) is 0.510. The molecule has 3 aliphatic rings. The number of benzene rings is 3. The van der Waals surface area contributed by atoms with Crippen LogP contribution in [0.15, 0.2) is 54.6 Å². The van der Waals surface area contributed by atoms with Crippen LogP contribution in [0.1, 0.15) is 127 Å². The largest absolute Gasteiger partial charge is 0.488 e. The van der Waals surface area contributed by atoms with Gasteiger partial charge in [0.2, 0.25) is 11.8 Å². The second-order valence-corrected chi connectivity index (χ2v) is 18.7. The summed E-state index contributed by atoms with van der Waals surface area (Å²) in [5, 5.41) is 5.43. The molecular weight excluding hydrogens is 846 g/mol. The van der Waals surface area contributed by atoms with Gasteiger partial charge in [0.15, 0.2) is 11.6 Å². The fourth-order valence-corrected chi connectivity index (χ4v) is 10.0. The van der Waals surface area contributed by atoms with Crippen molar-refractivity contribution in [2.45, 2.75) is 122 Å². The first-order valence-electron chi connectivity index (χ1n) is 23.2. The zero-order valence-corrected chi connectivity index (χ0v) is 39.0. The maximum absolute atomic E-state index is 15.9. The van der Waals surface area contributed by atoms with E-state index in [-0.39, 0.29) is 59.7 Å². The zero-order valence-electron chi connectivity index (χ0n) is 39.0. The number of rotatable bonds is 13. The molecule has 0 unspecified atom stereocenters. The van der Waals surface area contributed by atoms with E-state index in [1.54, 1.807) is 21.9 Å². The summed E-state index contributed by atoms with van der Waals surface area (Å²) in [6.45, 7) is 12.4. The Morgan fingerprint density at radius 2 is 1.12 bits per heavy atom. The molecule has 3 aromatic carbocycles. The van der Waals surface area contributed by atoms with Crippen LogP contribution in [0.5, 0.6) is 5.75 Å². The summed E-state index contributed by atoms with van der Waals surface area (Å²) in [6, 6.07) is 15.2. The van der Waals surface area contributed by atoms with Gasteiger partial charge in [-0.3, -0.25) is 9.59 Å². The van der Waals surface area contributed by atoms with Gasteiger partial charge in [0.1, 0.15) is 23.7 Å². The number of carbonyl (C=O) groups is 4. The second-order valence-electron chi connectivity index (χ2n) is 18.7. The molecule has 5 heterocycles. The monoisotopic (exact) mass is 907 g/mol. The van der Waals surface area contributed by atoms with Gasteiger partial charge in [-0.1, -0.05) is 39.8 Å². The number of likely N-dealkylation sites (tertiary alicyclic amines) is 2. The van der Waals surface area contributed by atoms with Crippen LogP contribution in [0, 0.1) is 17.7 Å². The van der Waals surface area contributed by atoms with Crippen molar-refractivity contribution in [1.29, 1.82) is 0 Å². The third-order valence-corrected chi connectivity index (χ3v) is 13.3. The lowest BCUT2D eigenvalue weighted by Crippen LogP contribution is -2.51. The van der Waals surface area contributed by atoms with E-state index in [0.717, 1.165) is 71.7 Å². The highest BCUT2D eigenvalue weighted by Gasteiger charge is 2.41. The van der Waals surface area contributed by atoms with Gasteiger partial charge in [0.25, 0.3) is 0 Å². The summed E-state index contributed by atoms with van der Waals surface area (Å²) in [5.74, 6) is 0.480. The number of ether oxygens (including phenoxy) is 3. The molecule has 0 aliphatic carbocycles. The molecule has 0 spiro atoms. The lowest BCUT2D eigenvalue weighted by atomic mass is 10.0. The maximum atomic E-state index is 15.9. The van der Waals surface area contributed by atoms with E-state index < -0.39 is 30.1 Å². The third-order valence-electron chi connectivity index (χ3n) is 13.3. The molecule has 0 bridgehead atoms. The quantitative estimate of drug-likeness (QED) is 0.0892. The summed E-state index contributed by atoms with van der Waals surface area (Å²) < 4.78 is 31.3. The first kappa shape index (κ1) is 46.2. The minimum atomic E-state index is -0.739. The van der Waals surface area contributed by atoms with Crippen LogP contribution in [-0.4, -0.2) is 99.2 Å². The Labute approximate surface area is 384 Å². The molecular formula is C49H62FN9O7. The number of H-pyrrole nitrogens is 2. The van der Waals surface area contributed by atoms with Gasteiger partial charge in [-0.15, -0.1) is 0 Å². The molecule has 66 heavy (non-hydrogen) atoms. The van der Waals surface area contributed by atoms with Gasteiger partial charge < -0.3 is 49.5 Å². The van der Waals surface area contributed by atoms with Gasteiger partial charge in [0.05, 0.1) is 66.6 Å². The van der Waals surface area contributed by atoms with E-state index in [4.69, 9.17) is 24.2 Å². The van der Waals surface area contributed by atoms with E-state index >= 15 is 4.39 Å². The third kappa shape index (κ3) is 9.21. The van der Waals surface area contributed by atoms with Crippen LogP contribution in [0.4, 0.5) is 19.7 Å². The molecule has 4 amide bonds. The van der Waals surface area contributed by atoms with E-state index in [1.807, 2.05) is 59.7 Å². The number of anilines is 1. The highest BCUT2D eigenvalue weighted by Crippen LogP contribution is 2.48. The number of hydrogen-bond donors (Lipinski definition) is 4. The van der Waals surface area contributed by atoms with Gasteiger partial charge in [0, 0.05) is 24.8 Å². The van der Waals surface area contributed by atoms with Crippen LogP contribution >= 0.6 is 0 Å². The van der Waals surface area contributed by atoms with Crippen LogP contribution < -0.4 is 20.3 Å². The number of aromatic nitrogens is 4. The zero-order chi connectivity index (χ0) is 47.0. The van der Waals surface area contributed by atoms with Crippen molar-refractivity contribution in [3.8, 4) is 5.75 Å². The second kappa shape index (κ2) is 19.2. The van der Waals surface area contributed by atoms with Crippen molar-refractivity contribution in [2.24, 2.45) is 11.8 Å². The van der Waals surface area contributed by atoms with Crippen LogP contribution in [-0.2, 0) is 19.1 Å². The Balaban J connectivity index is 1.09. The molecule has 8 rings (SSSR count). The summed E-state index contributed by atoms with van der Waals surface area (Å²) >= 11 is 0. The van der Waals surface area contributed by atoms with Crippen molar-refractivity contribution < 1.29 is 37.8 Å². The number of carbonyl (C=O) groups excluding carboxylic acids is 4. The number of imidazole rings is 2. The first-order chi connectivity index (χ1) is 31.6.